The topological polar surface area (TPSA) is 3.88 Å². The zero-order valence-electron chi connectivity index (χ0n) is 14.5. The van der Waals surface area contributed by atoms with Crippen LogP contribution in [-0.2, 0) is 6.54 Å². The molecule has 0 unspecified atom stereocenters. The molecule has 3 aromatic rings. The second-order valence-corrected chi connectivity index (χ2v) is 5.96. The van der Waals surface area contributed by atoms with E-state index in [1.165, 1.54) is 16.7 Å². The maximum Gasteiger partial charge on any atom is 0.169 e. The van der Waals surface area contributed by atoms with Crippen molar-refractivity contribution >= 4 is 0 Å². The Hall–Kier alpha value is -2.37. The van der Waals surface area contributed by atoms with Gasteiger partial charge in [-0.15, -0.1) is 0 Å². The summed E-state index contributed by atoms with van der Waals surface area (Å²) in [5.74, 6) is 6.54. The maximum atomic E-state index is 3.28. The molecule has 0 bridgehead atoms. The maximum absolute atomic E-state index is 3.28. The largest absolute Gasteiger partial charge is 1.00 e. The highest BCUT2D eigenvalue weighted by Gasteiger charge is 1.98. The molecule has 0 fully saturated rings. The molecule has 0 saturated heterocycles. The second-order valence-electron chi connectivity index (χ2n) is 5.96. The summed E-state index contributed by atoms with van der Waals surface area (Å²) in [7, 11) is 0. The number of hydrogen-bond donors (Lipinski definition) is 0. The van der Waals surface area contributed by atoms with Crippen molar-refractivity contribution in [3.05, 3.63) is 90.3 Å². The van der Waals surface area contributed by atoms with Gasteiger partial charge in [0.1, 0.15) is 6.54 Å². The lowest BCUT2D eigenvalue weighted by atomic mass is 10.0. The molecule has 0 radical (unpaired) electrons. The number of benzene rings is 2. The number of halogens is 1. The smallest absolute Gasteiger partial charge is 0.169 e. The number of rotatable bonds is 4. The minimum absolute atomic E-state index is 0. The average molecular weight is 392 g/mol. The lowest BCUT2D eigenvalue weighted by molar-refractivity contribution is -0.697. The van der Waals surface area contributed by atoms with Crippen LogP contribution in [0.3, 0.4) is 0 Å². The van der Waals surface area contributed by atoms with Gasteiger partial charge in [-0.25, -0.2) is 4.57 Å². The van der Waals surface area contributed by atoms with Crippen molar-refractivity contribution in [2.45, 2.75) is 26.3 Å². The van der Waals surface area contributed by atoms with Crippen molar-refractivity contribution in [1.82, 2.24) is 0 Å². The molecular weight excluding hydrogens is 370 g/mol. The molecule has 0 aliphatic heterocycles. The molecule has 0 amide bonds. The van der Waals surface area contributed by atoms with Gasteiger partial charge in [0.15, 0.2) is 12.4 Å². The van der Waals surface area contributed by atoms with Crippen molar-refractivity contribution in [1.29, 1.82) is 0 Å². The monoisotopic (exact) mass is 391 g/mol. The van der Waals surface area contributed by atoms with Crippen LogP contribution in [0.15, 0.2) is 79.1 Å². The van der Waals surface area contributed by atoms with Crippen molar-refractivity contribution in [2.75, 3.05) is 0 Å². The van der Waals surface area contributed by atoms with Crippen LogP contribution in [-0.4, -0.2) is 0 Å². The van der Waals surface area contributed by atoms with E-state index in [1.807, 2.05) is 6.07 Å². The molecule has 0 aliphatic rings. The van der Waals surface area contributed by atoms with Crippen LogP contribution in [0.2, 0.25) is 0 Å². The Morgan fingerprint density at radius 1 is 0.800 bits per heavy atom. The summed E-state index contributed by atoms with van der Waals surface area (Å²) >= 11 is 0. The lowest BCUT2D eigenvalue weighted by Crippen LogP contribution is -3.00. The van der Waals surface area contributed by atoms with Crippen molar-refractivity contribution in [2.24, 2.45) is 0 Å². The van der Waals surface area contributed by atoms with Gasteiger partial charge in [-0.3, -0.25) is 0 Å². The van der Waals surface area contributed by atoms with E-state index in [0.29, 0.717) is 0 Å². The molecule has 0 spiro atoms. The number of aryl methyl sites for hydroxylation is 2. The lowest BCUT2D eigenvalue weighted by Gasteiger charge is -2.00. The minimum atomic E-state index is 0. The molecule has 1 aromatic heterocycles. The molecule has 2 heteroatoms. The van der Waals surface area contributed by atoms with E-state index < -0.39 is 0 Å². The first kappa shape index (κ1) is 19.0. The van der Waals surface area contributed by atoms with E-state index >= 15 is 0 Å². The van der Waals surface area contributed by atoms with Crippen LogP contribution in [0.4, 0.5) is 0 Å². The first-order valence-corrected chi connectivity index (χ1v) is 8.41. The van der Waals surface area contributed by atoms with E-state index in [9.17, 15) is 0 Å². The average Bonchev–Trinajstić information content (AvgIpc) is 2.64. The van der Waals surface area contributed by atoms with Crippen LogP contribution in [0.25, 0.3) is 11.1 Å². The van der Waals surface area contributed by atoms with Crippen LogP contribution in [0, 0.1) is 18.8 Å². The Morgan fingerprint density at radius 3 is 2.12 bits per heavy atom. The molecule has 25 heavy (non-hydrogen) atoms. The molecule has 3 rings (SSSR count). The van der Waals surface area contributed by atoms with Gasteiger partial charge in [0, 0.05) is 30.5 Å². The molecule has 0 atom stereocenters. The van der Waals surface area contributed by atoms with Crippen molar-refractivity contribution < 1.29 is 21.5 Å². The Balaban J connectivity index is 0.00000225. The third-order valence-corrected chi connectivity index (χ3v) is 4.00. The summed E-state index contributed by atoms with van der Waals surface area (Å²) in [6, 6.07) is 23.2. The summed E-state index contributed by atoms with van der Waals surface area (Å²) in [6.07, 6.45) is 6.25. The summed E-state index contributed by atoms with van der Waals surface area (Å²) in [4.78, 5) is 0. The highest BCUT2D eigenvalue weighted by atomic mass is 79.9. The Bertz CT molecular complexity index is 825. The van der Waals surface area contributed by atoms with E-state index in [4.69, 9.17) is 0 Å². The van der Waals surface area contributed by atoms with Crippen LogP contribution in [0.1, 0.15) is 24.0 Å². The predicted octanol–water partition coefficient (Wildman–Crippen LogP) is 1.79. The number of nitrogens with zero attached hydrogens (tertiary/aromatic N) is 1. The molecular formula is C23H22BrN. The summed E-state index contributed by atoms with van der Waals surface area (Å²) in [5.41, 5.74) is 4.85. The second kappa shape index (κ2) is 9.81. The van der Waals surface area contributed by atoms with Crippen molar-refractivity contribution in [3.63, 3.8) is 0 Å². The quantitative estimate of drug-likeness (QED) is 0.362. The first-order chi connectivity index (χ1) is 11.8. The highest BCUT2D eigenvalue weighted by Crippen LogP contribution is 2.18. The van der Waals surface area contributed by atoms with Gasteiger partial charge in [0.2, 0.25) is 0 Å². The fourth-order valence-electron chi connectivity index (χ4n) is 2.57. The van der Waals surface area contributed by atoms with Gasteiger partial charge in [-0.05, 0) is 35.7 Å². The number of aromatic nitrogens is 1. The van der Waals surface area contributed by atoms with E-state index in [-0.39, 0.29) is 17.0 Å². The molecule has 0 aliphatic carbocycles. The fourth-order valence-corrected chi connectivity index (χ4v) is 2.57. The predicted molar refractivity (Wildman–Crippen MR) is 99.4 cm³/mol. The zero-order chi connectivity index (χ0) is 16.6. The first-order valence-electron chi connectivity index (χ1n) is 8.41. The molecule has 0 saturated carbocycles. The van der Waals surface area contributed by atoms with Gasteiger partial charge in [-0.1, -0.05) is 54.3 Å². The minimum Gasteiger partial charge on any atom is -1.00 e. The van der Waals surface area contributed by atoms with Crippen molar-refractivity contribution in [3.8, 4) is 23.0 Å². The SMILES string of the molecule is Cc1cc[n+](CCCC#Cc2ccc(-c3ccccc3)cc2)cc1.[Br-]. The Kier molecular flexibility index (Phi) is 7.44. The number of unbranched alkanes of at least 4 members (excludes halogenated alkanes) is 1. The molecule has 0 N–H and O–H groups in total. The third-order valence-electron chi connectivity index (χ3n) is 4.00. The third kappa shape index (κ3) is 5.89. The van der Waals surface area contributed by atoms with Crippen LogP contribution >= 0.6 is 0 Å². The van der Waals surface area contributed by atoms with E-state index in [2.05, 4.69) is 96.4 Å². The normalized spacial score (nSPS) is 9.64. The van der Waals surface area contributed by atoms with Crippen LogP contribution in [0.5, 0.6) is 0 Å². The van der Waals surface area contributed by atoms with Gasteiger partial charge in [-0.2, -0.15) is 0 Å². The number of pyridine rings is 1. The Morgan fingerprint density at radius 2 is 1.44 bits per heavy atom. The van der Waals surface area contributed by atoms with Gasteiger partial charge in [0.25, 0.3) is 0 Å². The highest BCUT2D eigenvalue weighted by molar-refractivity contribution is 5.64. The van der Waals surface area contributed by atoms with Gasteiger partial charge in [0.05, 0.1) is 0 Å². The summed E-state index contributed by atoms with van der Waals surface area (Å²) in [5, 5.41) is 0. The molecule has 2 aromatic carbocycles. The standard InChI is InChI=1S/C23H22N.BrH/c1-20-15-18-24(19-16-20)17-7-3-4-8-21-11-13-23(14-12-21)22-9-5-2-6-10-22;/h2,5-6,9-16,18-19H,3,7,17H2,1H3;1H/q+1;/p-1. The fraction of sp³-hybridized carbons (Fsp3) is 0.174. The van der Waals surface area contributed by atoms with Gasteiger partial charge < -0.3 is 17.0 Å². The van der Waals surface area contributed by atoms with E-state index in [0.717, 1.165) is 24.9 Å². The summed E-state index contributed by atoms with van der Waals surface area (Å²) < 4.78 is 2.21. The Labute approximate surface area is 161 Å². The molecule has 1 heterocycles. The zero-order valence-corrected chi connectivity index (χ0v) is 16.0. The molecule has 126 valence electrons. The summed E-state index contributed by atoms with van der Waals surface area (Å²) in [6.45, 7) is 3.13. The van der Waals surface area contributed by atoms with Gasteiger partial charge >= 0.3 is 0 Å². The van der Waals surface area contributed by atoms with Crippen LogP contribution < -0.4 is 21.5 Å². The molecule has 1 nitrogen and oxygen atoms in total. The van der Waals surface area contributed by atoms with E-state index in [1.54, 1.807) is 0 Å². The number of hydrogen-bond acceptors (Lipinski definition) is 0.